The van der Waals surface area contributed by atoms with Crippen LogP contribution in [-0.2, 0) is 14.6 Å². The molecule has 0 aromatic carbocycles. The van der Waals surface area contributed by atoms with Gasteiger partial charge in [0.05, 0.1) is 11.5 Å². The van der Waals surface area contributed by atoms with Crippen molar-refractivity contribution in [3.63, 3.8) is 0 Å². The lowest BCUT2D eigenvalue weighted by Crippen LogP contribution is -2.48. The maximum absolute atomic E-state index is 12.0. The van der Waals surface area contributed by atoms with E-state index in [9.17, 15) is 13.2 Å². The number of sulfone groups is 1. The number of carbonyl (C=O) groups excluding carboxylic acids is 1. The van der Waals surface area contributed by atoms with E-state index in [1.165, 1.54) is 12.8 Å². The summed E-state index contributed by atoms with van der Waals surface area (Å²) in [6, 6.07) is 0.0520. The van der Waals surface area contributed by atoms with Gasteiger partial charge in [-0.15, -0.1) is 0 Å². The summed E-state index contributed by atoms with van der Waals surface area (Å²) >= 11 is 0. The predicted molar refractivity (Wildman–Crippen MR) is 74.6 cm³/mol. The third kappa shape index (κ3) is 4.76. The lowest BCUT2D eigenvalue weighted by Gasteiger charge is -2.29. The molecular formula is C13H24N2O3S. The van der Waals surface area contributed by atoms with Gasteiger partial charge in [-0.05, 0) is 18.8 Å². The van der Waals surface area contributed by atoms with Gasteiger partial charge in [0.15, 0.2) is 9.84 Å². The van der Waals surface area contributed by atoms with Gasteiger partial charge in [0.1, 0.15) is 0 Å². The van der Waals surface area contributed by atoms with Crippen molar-refractivity contribution in [3.05, 3.63) is 0 Å². The predicted octanol–water partition coefficient (Wildman–Crippen LogP) is 0.458. The Balaban J connectivity index is 1.77. The molecule has 0 spiro atoms. The summed E-state index contributed by atoms with van der Waals surface area (Å²) < 4.78 is 23.0. The number of nitrogens with one attached hydrogen (secondary N) is 2. The number of hydrogen-bond acceptors (Lipinski definition) is 4. The molecule has 3 unspecified atom stereocenters. The van der Waals surface area contributed by atoms with Crippen LogP contribution in [0.4, 0.5) is 0 Å². The third-order valence-corrected chi connectivity index (χ3v) is 5.77. The Kier molecular flexibility index (Phi) is 4.84. The summed E-state index contributed by atoms with van der Waals surface area (Å²) in [5.41, 5.74) is 0. The van der Waals surface area contributed by atoms with Gasteiger partial charge in [0, 0.05) is 25.0 Å². The minimum absolute atomic E-state index is 0.0197. The maximum atomic E-state index is 12.0. The highest BCUT2D eigenvalue weighted by Gasteiger charge is 2.27. The first-order valence-electron chi connectivity index (χ1n) is 7.18. The standard InChI is InChI=1S/C13H24N2O3S/c1-10-3-2-4-11(7-10)15-13(16)8-12-9-19(17,18)6-5-14-12/h10-12,14H,2-9H2,1H3,(H,15,16). The molecule has 1 saturated heterocycles. The van der Waals surface area contributed by atoms with Crippen molar-refractivity contribution in [1.82, 2.24) is 10.6 Å². The molecule has 0 radical (unpaired) electrons. The molecule has 3 atom stereocenters. The number of amides is 1. The van der Waals surface area contributed by atoms with Crippen LogP contribution in [0.3, 0.4) is 0 Å². The minimum atomic E-state index is -2.96. The molecule has 1 saturated carbocycles. The molecule has 2 rings (SSSR count). The lowest BCUT2D eigenvalue weighted by molar-refractivity contribution is -0.122. The van der Waals surface area contributed by atoms with Crippen LogP contribution in [0, 0.1) is 5.92 Å². The lowest BCUT2D eigenvalue weighted by atomic mass is 9.87. The first-order chi connectivity index (χ1) is 8.94. The van der Waals surface area contributed by atoms with Crippen molar-refractivity contribution in [2.75, 3.05) is 18.1 Å². The fraction of sp³-hybridized carbons (Fsp3) is 0.923. The molecule has 6 heteroatoms. The minimum Gasteiger partial charge on any atom is -0.353 e. The molecule has 19 heavy (non-hydrogen) atoms. The summed E-state index contributed by atoms with van der Waals surface area (Å²) in [6.45, 7) is 2.67. The largest absolute Gasteiger partial charge is 0.353 e. The molecule has 1 heterocycles. The van der Waals surface area contributed by atoms with Crippen LogP contribution in [0.1, 0.15) is 39.0 Å². The van der Waals surface area contributed by atoms with E-state index in [0.29, 0.717) is 12.5 Å². The van der Waals surface area contributed by atoms with E-state index in [1.807, 2.05) is 0 Å². The monoisotopic (exact) mass is 288 g/mol. The maximum Gasteiger partial charge on any atom is 0.221 e. The molecule has 1 aliphatic heterocycles. The highest BCUT2D eigenvalue weighted by atomic mass is 32.2. The Morgan fingerprint density at radius 3 is 2.84 bits per heavy atom. The summed E-state index contributed by atoms with van der Waals surface area (Å²) in [5, 5.41) is 6.16. The Morgan fingerprint density at radius 2 is 2.16 bits per heavy atom. The summed E-state index contributed by atoms with van der Waals surface area (Å²) in [5.74, 6) is 0.924. The molecular weight excluding hydrogens is 264 g/mol. The highest BCUT2D eigenvalue weighted by molar-refractivity contribution is 7.91. The molecule has 5 nitrogen and oxygen atoms in total. The number of carbonyl (C=O) groups is 1. The van der Waals surface area contributed by atoms with Gasteiger partial charge in [0.25, 0.3) is 0 Å². The molecule has 110 valence electrons. The first-order valence-corrected chi connectivity index (χ1v) is 9.00. The molecule has 2 N–H and O–H groups in total. The zero-order chi connectivity index (χ0) is 13.9. The van der Waals surface area contributed by atoms with Crippen molar-refractivity contribution in [2.45, 2.75) is 51.1 Å². The van der Waals surface area contributed by atoms with Crippen LogP contribution >= 0.6 is 0 Å². The second-order valence-electron chi connectivity index (χ2n) is 6.01. The van der Waals surface area contributed by atoms with Crippen LogP contribution in [-0.4, -0.2) is 44.5 Å². The zero-order valence-corrected chi connectivity index (χ0v) is 12.3. The second-order valence-corrected chi connectivity index (χ2v) is 8.23. The van der Waals surface area contributed by atoms with E-state index in [0.717, 1.165) is 12.8 Å². The highest BCUT2D eigenvalue weighted by Crippen LogP contribution is 2.23. The van der Waals surface area contributed by atoms with E-state index < -0.39 is 9.84 Å². The second kappa shape index (κ2) is 6.22. The average molecular weight is 288 g/mol. The van der Waals surface area contributed by atoms with Crippen LogP contribution in [0.5, 0.6) is 0 Å². The third-order valence-electron chi connectivity index (χ3n) is 4.03. The van der Waals surface area contributed by atoms with E-state index in [-0.39, 0.29) is 35.9 Å². The van der Waals surface area contributed by atoms with Gasteiger partial charge in [0.2, 0.25) is 5.91 Å². The molecule has 2 fully saturated rings. The van der Waals surface area contributed by atoms with Crippen LogP contribution in [0.25, 0.3) is 0 Å². The molecule has 0 bridgehead atoms. The normalized spacial score (nSPS) is 34.7. The van der Waals surface area contributed by atoms with Gasteiger partial charge >= 0.3 is 0 Å². The topological polar surface area (TPSA) is 75.3 Å². The van der Waals surface area contributed by atoms with E-state index in [2.05, 4.69) is 17.6 Å². The van der Waals surface area contributed by atoms with E-state index in [4.69, 9.17) is 0 Å². The van der Waals surface area contributed by atoms with E-state index >= 15 is 0 Å². The molecule has 2 aliphatic rings. The molecule has 1 amide bonds. The average Bonchev–Trinajstić information content (AvgIpc) is 2.27. The van der Waals surface area contributed by atoms with Gasteiger partial charge in [-0.3, -0.25) is 4.79 Å². The van der Waals surface area contributed by atoms with Gasteiger partial charge in [-0.2, -0.15) is 0 Å². The van der Waals surface area contributed by atoms with Crippen molar-refractivity contribution in [2.24, 2.45) is 5.92 Å². The fourth-order valence-electron chi connectivity index (χ4n) is 3.07. The van der Waals surface area contributed by atoms with Crippen molar-refractivity contribution >= 4 is 15.7 Å². The Labute approximate surface area is 115 Å². The zero-order valence-electron chi connectivity index (χ0n) is 11.5. The SMILES string of the molecule is CC1CCCC(NC(=O)CC2CS(=O)(=O)CCN2)C1. The molecule has 0 aromatic rings. The van der Waals surface area contributed by atoms with Crippen LogP contribution in [0.15, 0.2) is 0 Å². The number of hydrogen-bond donors (Lipinski definition) is 2. The van der Waals surface area contributed by atoms with Crippen molar-refractivity contribution in [3.8, 4) is 0 Å². The smallest absolute Gasteiger partial charge is 0.221 e. The Bertz CT molecular complexity index is 422. The fourth-order valence-corrected chi connectivity index (χ4v) is 4.52. The Hall–Kier alpha value is -0.620. The first kappa shape index (κ1) is 14.8. The summed E-state index contributed by atoms with van der Waals surface area (Å²) in [6.07, 6.45) is 4.77. The summed E-state index contributed by atoms with van der Waals surface area (Å²) in [4.78, 5) is 12.0. The van der Waals surface area contributed by atoms with Crippen LogP contribution < -0.4 is 10.6 Å². The molecule has 1 aliphatic carbocycles. The Morgan fingerprint density at radius 1 is 1.37 bits per heavy atom. The van der Waals surface area contributed by atoms with Gasteiger partial charge in [-0.25, -0.2) is 8.42 Å². The molecule has 0 aromatic heterocycles. The van der Waals surface area contributed by atoms with Crippen LogP contribution in [0.2, 0.25) is 0 Å². The van der Waals surface area contributed by atoms with Gasteiger partial charge < -0.3 is 10.6 Å². The quantitative estimate of drug-likeness (QED) is 0.791. The van der Waals surface area contributed by atoms with E-state index in [1.54, 1.807) is 0 Å². The summed E-state index contributed by atoms with van der Waals surface area (Å²) in [7, 11) is -2.96. The van der Waals surface area contributed by atoms with Gasteiger partial charge in [-0.1, -0.05) is 19.8 Å². The van der Waals surface area contributed by atoms with Crippen molar-refractivity contribution < 1.29 is 13.2 Å². The van der Waals surface area contributed by atoms with Crippen molar-refractivity contribution in [1.29, 1.82) is 0 Å². The number of rotatable bonds is 3.